The van der Waals surface area contributed by atoms with Crippen LogP contribution in [0.25, 0.3) is 10.9 Å². The fourth-order valence-corrected chi connectivity index (χ4v) is 2.58. The highest BCUT2D eigenvalue weighted by Gasteiger charge is 2.19. The van der Waals surface area contributed by atoms with E-state index in [1.54, 1.807) is 17.6 Å². The summed E-state index contributed by atoms with van der Waals surface area (Å²) in [5, 5.41) is 16.0. The Kier molecular flexibility index (Phi) is 3.44. The third kappa shape index (κ3) is 2.52. The van der Waals surface area contributed by atoms with Crippen molar-refractivity contribution in [3.8, 4) is 0 Å². The molecule has 0 amide bonds. The Hall–Kier alpha value is -2.61. The number of aromatic nitrogens is 2. The Labute approximate surface area is 122 Å². The molecule has 2 aromatic heterocycles. The number of pyridine rings is 1. The van der Waals surface area contributed by atoms with Crippen LogP contribution in [-0.2, 0) is 6.54 Å². The van der Waals surface area contributed by atoms with E-state index < -0.39 is 10.7 Å². The predicted octanol–water partition coefficient (Wildman–Crippen LogP) is 3.35. The van der Waals surface area contributed by atoms with Gasteiger partial charge in [-0.15, -0.1) is 11.3 Å². The van der Waals surface area contributed by atoms with E-state index in [0.29, 0.717) is 11.9 Å². The summed E-state index contributed by atoms with van der Waals surface area (Å²) in [4.78, 5) is 18.5. The number of rotatable bonds is 4. The topological polar surface area (TPSA) is 81.0 Å². The summed E-state index contributed by atoms with van der Waals surface area (Å²) in [6.07, 6.45) is 1.47. The minimum absolute atomic E-state index is 0.143. The van der Waals surface area contributed by atoms with E-state index in [4.69, 9.17) is 0 Å². The lowest BCUT2D eigenvalue weighted by atomic mass is 10.1. The standard InChI is InChI=1S/C13H9FN4O2S/c14-10-4-11(18(19)20)9-2-1-3-15-12(9)13(10)16-5-8-6-21-7-17-8/h1-4,6-7,16H,5H2. The fourth-order valence-electron chi connectivity index (χ4n) is 2.02. The monoisotopic (exact) mass is 304 g/mol. The van der Waals surface area contributed by atoms with Crippen LogP contribution < -0.4 is 5.32 Å². The molecule has 0 saturated heterocycles. The molecule has 0 atom stereocenters. The molecule has 8 heteroatoms. The number of nitrogens with zero attached hydrogens (tertiary/aromatic N) is 3. The van der Waals surface area contributed by atoms with Gasteiger partial charge >= 0.3 is 0 Å². The van der Waals surface area contributed by atoms with Crippen molar-refractivity contribution in [1.82, 2.24) is 9.97 Å². The molecule has 6 nitrogen and oxygen atoms in total. The number of nitrogens with one attached hydrogen (secondary N) is 1. The first-order chi connectivity index (χ1) is 10.2. The fraction of sp³-hybridized carbons (Fsp3) is 0.0769. The zero-order chi connectivity index (χ0) is 14.8. The maximum atomic E-state index is 14.1. The van der Waals surface area contributed by atoms with Crippen LogP contribution in [0.1, 0.15) is 5.69 Å². The Morgan fingerprint density at radius 1 is 1.43 bits per heavy atom. The number of fused-ring (bicyclic) bond motifs is 1. The van der Waals surface area contributed by atoms with Crippen molar-refractivity contribution in [3.05, 3.63) is 56.9 Å². The van der Waals surface area contributed by atoms with Crippen LogP contribution in [-0.4, -0.2) is 14.9 Å². The van der Waals surface area contributed by atoms with Crippen LogP contribution in [0.5, 0.6) is 0 Å². The lowest BCUT2D eigenvalue weighted by Gasteiger charge is -2.09. The molecular formula is C13H9FN4O2S. The highest BCUT2D eigenvalue weighted by Crippen LogP contribution is 2.32. The molecule has 0 bridgehead atoms. The van der Waals surface area contributed by atoms with E-state index in [2.05, 4.69) is 15.3 Å². The minimum Gasteiger partial charge on any atom is -0.375 e. The van der Waals surface area contributed by atoms with Crippen molar-refractivity contribution in [3.63, 3.8) is 0 Å². The van der Waals surface area contributed by atoms with Gasteiger partial charge in [0.1, 0.15) is 5.52 Å². The molecule has 0 aliphatic rings. The van der Waals surface area contributed by atoms with Crippen molar-refractivity contribution in [2.24, 2.45) is 0 Å². The van der Waals surface area contributed by atoms with Gasteiger partial charge in [-0.1, -0.05) is 0 Å². The molecule has 3 aromatic rings. The molecule has 21 heavy (non-hydrogen) atoms. The van der Waals surface area contributed by atoms with Gasteiger partial charge in [0.15, 0.2) is 5.82 Å². The lowest BCUT2D eigenvalue weighted by molar-refractivity contribution is -0.383. The molecule has 0 aliphatic carbocycles. The third-order valence-electron chi connectivity index (χ3n) is 2.95. The number of hydrogen-bond donors (Lipinski definition) is 1. The SMILES string of the molecule is O=[N+]([O-])c1cc(F)c(NCc2cscn2)c2ncccc12. The summed E-state index contributed by atoms with van der Waals surface area (Å²) >= 11 is 1.44. The molecule has 0 spiro atoms. The van der Waals surface area contributed by atoms with Crippen molar-refractivity contribution >= 4 is 33.6 Å². The van der Waals surface area contributed by atoms with Gasteiger partial charge in [0.05, 0.1) is 39.8 Å². The first-order valence-electron chi connectivity index (χ1n) is 5.99. The van der Waals surface area contributed by atoms with Crippen LogP contribution in [0, 0.1) is 15.9 Å². The van der Waals surface area contributed by atoms with Gasteiger partial charge in [0.25, 0.3) is 5.69 Å². The molecule has 1 N–H and O–H groups in total. The van der Waals surface area contributed by atoms with Gasteiger partial charge in [-0.2, -0.15) is 0 Å². The number of nitro benzene ring substituents is 1. The average Bonchev–Trinajstić information content (AvgIpc) is 2.98. The van der Waals surface area contributed by atoms with E-state index in [1.165, 1.54) is 17.5 Å². The van der Waals surface area contributed by atoms with E-state index in [1.807, 2.05) is 5.38 Å². The molecule has 0 unspecified atom stereocenters. The van der Waals surface area contributed by atoms with Crippen molar-refractivity contribution in [2.45, 2.75) is 6.54 Å². The summed E-state index contributed by atoms with van der Waals surface area (Å²) in [5.41, 5.74) is 2.53. The number of halogens is 1. The van der Waals surface area contributed by atoms with E-state index >= 15 is 0 Å². The van der Waals surface area contributed by atoms with Crippen molar-refractivity contribution < 1.29 is 9.31 Å². The van der Waals surface area contributed by atoms with Crippen LogP contribution >= 0.6 is 11.3 Å². The maximum absolute atomic E-state index is 14.1. The Bertz CT molecular complexity index is 807. The quantitative estimate of drug-likeness (QED) is 0.590. The van der Waals surface area contributed by atoms with Gasteiger partial charge in [-0.25, -0.2) is 9.37 Å². The van der Waals surface area contributed by atoms with E-state index in [-0.39, 0.29) is 16.9 Å². The van der Waals surface area contributed by atoms with E-state index in [0.717, 1.165) is 11.8 Å². The molecular weight excluding hydrogens is 295 g/mol. The number of nitro groups is 1. The summed E-state index contributed by atoms with van der Waals surface area (Å²) in [6, 6.07) is 4.04. The first-order valence-corrected chi connectivity index (χ1v) is 6.93. The van der Waals surface area contributed by atoms with Gasteiger partial charge < -0.3 is 5.32 Å². The highest BCUT2D eigenvalue weighted by atomic mass is 32.1. The minimum atomic E-state index is -0.705. The van der Waals surface area contributed by atoms with Gasteiger partial charge in [-0.3, -0.25) is 15.1 Å². The van der Waals surface area contributed by atoms with Gasteiger partial charge in [-0.05, 0) is 12.1 Å². The molecule has 0 radical (unpaired) electrons. The maximum Gasteiger partial charge on any atom is 0.281 e. The second-order valence-electron chi connectivity index (χ2n) is 4.24. The summed E-state index contributed by atoms with van der Waals surface area (Å²) in [6.45, 7) is 0.323. The molecule has 0 fully saturated rings. The molecule has 2 heterocycles. The zero-order valence-electron chi connectivity index (χ0n) is 10.6. The van der Waals surface area contributed by atoms with Crippen LogP contribution in [0.15, 0.2) is 35.3 Å². The van der Waals surface area contributed by atoms with Crippen molar-refractivity contribution in [2.75, 3.05) is 5.32 Å². The Balaban J connectivity index is 2.08. The Morgan fingerprint density at radius 2 is 2.29 bits per heavy atom. The highest BCUT2D eigenvalue weighted by molar-refractivity contribution is 7.07. The van der Waals surface area contributed by atoms with Crippen LogP contribution in [0.4, 0.5) is 15.8 Å². The number of hydrogen-bond acceptors (Lipinski definition) is 6. The normalized spacial score (nSPS) is 10.7. The largest absolute Gasteiger partial charge is 0.375 e. The summed E-state index contributed by atoms with van der Waals surface area (Å²) in [5.74, 6) is -0.705. The smallest absolute Gasteiger partial charge is 0.281 e. The number of anilines is 1. The number of non-ortho nitro benzene ring substituents is 1. The predicted molar refractivity (Wildman–Crippen MR) is 77.8 cm³/mol. The molecule has 1 aromatic carbocycles. The van der Waals surface area contributed by atoms with Crippen LogP contribution in [0.3, 0.4) is 0 Å². The van der Waals surface area contributed by atoms with Gasteiger partial charge in [0.2, 0.25) is 0 Å². The second-order valence-corrected chi connectivity index (χ2v) is 4.96. The molecule has 0 aliphatic heterocycles. The number of benzene rings is 1. The second kappa shape index (κ2) is 5.41. The number of thiazole rings is 1. The average molecular weight is 304 g/mol. The first kappa shape index (κ1) is 13.4. The van der Waals surface area contributed by atoms with Gasteiger partial charge in [0, 0.05) is 11.6 Å². The zero-order valence-corrected chi connectivity index (χ0v) is 11.4. The summed E-state index contributed by atoms with van der Waals surface area (Å²) in [7, 11) is 0. The van der Waals surface area contributed by atoms with Crippen LogP contribution in [0.2, 0.25) is 0 Å². The summed E-state index contributed by atoms with van der Waals surface area (Å²) < 4.78 is 14.1. The third-order valence-corrected chi connectivity index (χ3v) is 3.58. The molecule has 106 valence electrons. The van der Waals surface area contributed by atoms with E-state index in [9.17, 15) is 14.5 Å². The molecule has 3 rings (SSSR count). The Morgan fingerprint density at radius 3 is 3.00 bits per heavy atom. The molecule has 0 saturated carbocycles. The lowest BCUT2D eigenvalue weighted by Crippen LogP contribution is -2.04. The van der Waals surface area contributed by atoms with Crippen molar-refractivity contribution in [1.29, 1.82) is 0 Å².